The number of cyclic esters (lactones) is 2. The van der Waals surface area contributed by atoms with Crippen LogP contribution >= 0.6 is 0 Å². The summed E-state index contributed by atoms with van der Waals surface area (Å²) in [5.74, 6) is -14.7. The normalized spacial score (nSPS) is 24.6. The summed E-state index contributed by atoms with van der Waals surface area (Å²) in [7, 11) is 8.58. The molecule has 2 saturated heterocycles. The number of nitrogen functional groups attached to an aromatic ring is 1. The minimum absolute atomic E-state index is 0.0668. The SMILES string of the molecule is COc1cc(O)c(C(=O)C=Cc2ccccc2)c(OC)c1.Cc1c2oc3c(C)ccc(C(=O)NC4C(=O)NC(C(C)C)C(=O)C5CCCC5C(=O)N(C)CC(=O)N(C)C(C(C)C)C(=O)OC4C)c3nc-2c(C(=O)NC2C(=O)NC(C(C)C)C(=O)C3CCCC3C(=O)N(C)CC(=O)N(C)C(C(C)C)C(=O)OC2C)c(N)c1=O. The molecule has 6 aliphatic rings. The highest BCUT2D eigenvalue weighted by atomic mass is 16.6. The molecule has 3 aliphatic carbocycles. The van der Waals surface area contributed by atoms with Crippen LogP contribution in [0.15, 0.2) is 69.9 Å². The monoisotopic (exact) mass is 1540 g/mol. The highest BCUT2D eigenvalue weighted by Crippen LogP contribution is 2.40. The number of benzene rings is 4. The van der Waals surface area contributed by atoms with Crippen LogP contribution in [-0.4, -0.2) is 210 Å². The molecule has 2 saturated carbocycles. The minimum atomic E-state index is -1.86. The minimum Gasteiger partial charge on any atom is -0.507 e. The Bertz CT molecular complexity index is 4490. The summed E-state index contributed by atoms with van der Waals surface area (Å²) < 4.78 is 28.5. The Hall–Kier alpha value is -11.1. The number of nitrogens with two attached hydrogens (primary N) is 1. The number of methoxy groups -OCH3 is 2. The van der Waals surface area contributed by atoms with Gasteiger partial charge in [-0.15, -0.1) is 0 Å². The molecule has 0 spiro atoms. The fraction of sp³-hybridized carbons (Fsp3) is 0.519. The van der Waals surface area contributed by atoms with E-state index < -0.39 is 196 Å². The van der Waals surface area contributed by atoms with E-state index in [2.05, 4.69) is 21.3 Å². The second-order valence-electron chi connectivity index (χ2n) is 30.6. The van der Waals surface area contributed by atoms with E-state index in [9.17, 15) is 62.6 Å². The Morgan fingerprint density at radius 3 is 1.54 bits per heavy atom. The lowest BCUT2D eigenvalue weighted by Gasteiger charge is -2.35. The lowest BCUT2D eigenvalue weighted by molar-refractivity contribution is -0.163. The number of ether oxygens (including phenoxy) is 4. The van der Waals surface area contributed by atoms with Gasteiger partial charge in [0, 0.05) is 69.6 Å². The molecule has 4 fully saturated rings. The van der Waals surface area contributed by atoms with Crippen molar-refractivity contribution in [1.82, 2.24) is 45.9 Å². The summed E-state index contributed by atoms with van der Waals surface area (Å²) in [5.41, 5.74) is 4.68. The number of allylic oxidation sites excluding steroid dienone is 1. The van der Waals surface area contributed by atoms with Crippen molar-refractivity contribution in [1.29, 1.82) is 0 Å². The highest BCUT2D eigenvalue weighted by molar-refractivity contribution is 6.12. The van der Waals surface area contributed by atoms with Gasteiger partial charge in [0.25, 0.3) is 11.8 Å². The van der Waals surface area contributed by atoms with Crippen molar-refractivity contribution in [3.05, 3.63) is 104 Å². The molecule has 3 aromatic rings. The average Bonchev–Trinajstić information content (AvgIpc) is 1.07. The highest BCUT2D eigenvalue weighted by Gasteiger charge is 2.48. The molecule has 7 N–H and O–H groups in total. The second-order valence-corrected chi connectivity index (χ2v) is 30.6. The van der Waals surface area contributed by atoms with Gasteiger partial charge >= 0.3 is 11.9 Å². The Labute approximate surface area is 644 Å². The third-order valence-corrected chi connectivity index (χ3v) is 21.3. The van der Waals surface area contributed by atoms with Gasteiger partial charge in [0.2, 0.25) is 40.9 Å². The van der Waals surface area contributed by atoms with E-state index in [0.29, 0.717) is 49.8 Å². The molecule has 0 bridgehead atoms. The third-order valence-electron chi connectivity index (χ3n) is 21.3. The molecule has 0 aromatic heterocycles. The Balaban J connectivity index is 0.000000631. The summed E-state index contributed by atoms with van der Waals surface area (Å²) in [6.07, 6.45) is 2.43. The van der Waals surface area contributed by atoms with Gasteiger partial charge < -0.3 is 75.1 Å². The largest absolute Gasteiger partial charge is 0.507 e. The maximum absolute atomic E-state index is 15.2. The van der Waals surface area contributed by atoms with Crippen molar-refractivity contribution in [3.8, 4) is 28.7 Å². The van der Waals surface area contributed by atoms with E-state index in [1.54, 1.807) is 74.5 Å². The standard InChI is InChI=1S/C64H88N10O16.C17H16O4/c1-27(2)44-53(78)35-19-17-21-37(35)61(84)71(13)25-40(75)73(15)50(29(5)6)63(86)88-33(11)46(59(82)67-44)69-57(80)39-24-23-31(9)55-48(39)66-49-42(43(65)52(77)32(10)56(49)90-55)58(81)70-47-34(12)89-64(87)51(30(7)8)74(16)41(76)26-72(14)62(85)38-22-18-20-36(38)54(79)45(28(3)4)68-60(47)83;1-20-13-10-15(19)17(16(11-13)21-2)14(18)9-8-12-6-4-3-5-7-12/h23-24,27-30,33-38,44-47,50-51H,17-22,25-26,65H2,1-16H3,(H,67,82)(H,68,83)(H,69,80)(H,70,81);3-11,19H,1-2H3. The Morgan fingerprint density at radius 1 is 0.622 bits per heavy atom. The van der Waals surface area contributed by atoms with E-state index in [0.717, 1.165) is 15.4 Å². The van der Waals surface area contributed by atoms with Crippen LogP contribution in [0.1, 0.15) is 156 Å². The molecule has 9 rings (SSSR count). The Morgan fingerprint density at radius 2 is 1.09 bits per heavy atom. The maximum Gasteiger partial charge on any atom is 0.329 e. The number of anilines is 1. The van der Waals surface area contributed by atoms with Crippen LogP contribution in [0, 0.1) is 61.2 Å². The summed E-state index contributed by atoms with van der Waals surface area (Å²) >= 11 is 0. The molecular weight excluding hydrogens is 1430 g/mol. The van der Waals surface area contributed by atoms with Gasteiger partial charge in [-0.3, -0.25) is 57.5 Å². The number of Topliss-reactive ketones (excluding diaryl/α,β-unsaturated/α-hetero) is 2. The van der Waals surface area contributed by atoms with Crippen LogP contribution in [0.2, 0.25) is 0 Å². The number of hydrogen-bond acceptors (Lipinski definition) is 22. The van der Waals surface area contributed by atoms with E-state index in [4.69, 9.17) is 34.1 Å². The van der Waals surface area contributed by atoms with Crippen LogP contribution in [0.25, 0.3) is 28.6 Å². The number of aryl methyl sites for hydroxylation is 1. The molecule has 12 unspecified atom stereocenters. The number of aromatic hydroxyl groups is 1. The molecule has 3 aromatic carbocycles. The first-order valence-corrected chi connectivity index (χ1v) is 37.4. The van der Waals surface area contributed by atoms with Crippen LogP contribution < -0.4 is 41.9 Å². The zero-order valence-corrected chi connectivity index (χ0v) is 66.3. The van der Waals surface area contributed by atoms with Crippen molar-refractivity contribution < 1.29 is 90.8 Å². The number of carbonyl (C=O) groups is 13. The predicted octanol–water partition coefficient (Wildman–Crippen LogP) is 6.02. The number of amides is 8. The first-order valence-electron chi connectivity index (χ1n) is 37.4. The van der Waals surface area contributed by atoms with E-state index >= 15 is 9.59 Å². The number of nitrogens with one attached hydrogen (secondary N) is 4. The number of nitrogens with zero attached hydrogens (tertiary/aromatic N) is 5. The predicted molar refractivity (Wildman–Crippen MR) is 409 cm³/mol. The number of esters is 2. The fourth-order valence-electron chi connectivity index (χ4n) is 15.1. The second kappa shape index (κ2) is 36.2. The van der Waals surface area contributed by atoms with Gasteiger partial charge in [-0.25, -0.2) is 14.6 Å². The van der Waals surface area contributed by atoms with E-state index in [-0.39, 0.29) is 56.5 Å². The van der Waals surface area contributed by atoms with Gasteiger partial charge in [0.1, 0.15) is 70.4 Å². The van der Waals surface area contributed by atoms with Crippen molar-refractivity contribution in [2.24, 2.45) is 47.3 Å². The molecule has 8 amide bonds. The van der Waals surface area contributed by atoms with Crippen LogP contribution in [0.4, 0.5) is 5.69 Å². The number of fused-ring (bicyclic) bond motifs is 4. The lowest BCUT2D eigenvalue weighted by atomic mass is 9.83. The topological polar surface area (TPSA) is 409 Å². The average molecular weight is 1540 g/mol. The van der Waals surface area contributed by atoms with Crippen molar-refractivity contribution in [3.63, 3.8) is 0 Å². The molecule has 3 aliphatic heterocycles. The lowest BCUT2D eigenvalue weighted by Crippen LogP contribution is -2.59. The van der Waals surface area contributed by atoms with Gasteiger partial charge in [0.15, 0.2) is 28.7 Å². The quantitative estimate of drug-likeness (QED) is 0.0258. The van der Waals surface area contributed by atoms with Crippen LogP contribution in [0.5, 0.6) is 17.2 Å². The fourth-order valence-corrected chi connectivity index (χ4v) is 15.1. The first kappa shape index (κ1) is 85.5. The molecule has 111 heavy (non-hydrogen) atoms. The molecule has 30 heteroatoms. The van der Waals surface area contributed by atoms with Gasteiger partial charge in [0.05, 0.1) is 56.2 Å². The maximum atomic E-state index is 15.2. The zero-order chi connectivity index (χ0) is 82.2. The number of likely N-dealkylation sites (N-methyl/N-ethyl adjacent to an activating group) is 4. The summed E-state index contributed by atoms with van der Waals surface area (Å²) in [5, 5.41) is 20.8. The molecule has 0 radical (unpaired) electrons. The van der Waals surface area contributed by atoms with E-state index in [1.165, 1.54) is 97.3 Å². The molecule has 598 valence electrons. The first-order chi connectivity index (χ1) is 52.3. The summed E-state index contributed by atoms with van der Waals surface area (Å²) in [6, 6.07) is 6.66. The summed E-state index contributed by atoms with van der Waals surface area (Å²) in [6.45, 7) is 18.3. The number of aromatic nitrogens is 1. The molecule has 3 heterocycles. The number of hydrogen-bond donors (Lipinski definition) is 6. The van der Waals surface area contributed by atoms with Gasteiger partial charge in [-0.1, -0.05) is 111 Å². The van der Waals surface area contributed by atoms with Gasteiger partial charge in [-0.05, 0) is 100 Å². The van der Waals surface area contributed by atoms with Crippen molar-refractivity contribution >= 4 is 99.4 Å². The molecule has 30 nitrogen and oxygen atoms in total. The van der Waals surface area contributed by atoms with Gasteiger partial charge in [-0.2, -0.15) is 0 Å². The number of carbonyl (C=O) groups excluding carboxylic acids is 13. The summed E-state index contributed by atoms with van der Waals surface area (Å²) in [4.78, 5) is 209. The van der Waals surface area contributed by atoms with Crippen LogP contribution in [0.3, 0.4) is 0 Å². The molecule has 12 atom stereocenters. The van der Waals surface area contributed by atoms with E-state index in [1.807, 2.05) is 30.3 Å². The smallest absolute Gasteiger partial charge is 0.329 e. The number of phenolic OH excluding ortho intramolecular Hbond substituents is 1. The Kier molecular flexibility index (Phi) is 27.9. The number of phenols is 1. The van der Waals surface area contributed by atoms with Crippen molar-refractivity contribution in [2.75, 3.05) is 61.2 Å². The third kappa shape index (κ3) is 18.7. The zero-order valence-electron chi connectivity index (χ0n) is 66.3. The number of rotatable bonds is 13. The number of ketones is 3. The van der Waals surface area contributed by atoms with Crippen molar-refractivity contribution in [2.45, 2.75) is 170 Å². The van der Waals surface area contributed by atoms with Crippen LogP contribution in [-0.2, 0) is 57.4 Å². The molecular formula is C81H104N10O20.